The Morgan fingerprint density at radius 1 is 1.24 bits per heavy atom. The van der Waals surface area contributed by atoms with Crippen LogP contribution in [0.15, 0.2) is 12.1 Å². The van der Waals surface area contributed by atoms with Crippen molar-refractivity contribution in [3.8, 4) is 11.5 Å². The molecule has 1 aromatic carbocycles. The summed E-state index contributed by atoms with van der Waals surface area (Å²) >= 11 is 6.15. The van der Waals surface area contributed by atoms with Gasteiger partial charge in [-0.25, -0.2) is 9.59 Å². The van der Waals surface area contributed by atoms with Gasteiger partial charge in [0, 0.05) is 7.05 Å². The average Bonchev–Trinajstić information content (AvgIpc) is 2.57. The van der Waals surface area contributed by atoms with Crippen LogP contribution in [-0.2, 0) is 9.53 Å². The maximum absolute atomic E-state index is 12.0. The summed E-state index contributed by atoms with van der Waals surface area (Å²) in [6.45, 7) is 3.78. The zero-order valence-corrected chi connectivity index (χ0v) is 15.2. The number of esters is 1. The average molecular weight is 373 g/mol. The van der Waals surface area contributed by atoms with Crippen molar-refractivity contribution in [3.05, 3.63) is 22.7 Å². The number of benzene rings is 1. The number of nitrogens with one attached hydrogen (secondary N) is 2. The lowest BCUT2D eigenvalue weighted by molar-refractivity contribution is -0.123. The fraction of sp³-hybridized carbons (Fsp3) is 0.438. The molecule has 0 saturated heterocycles. The van der Waals surface area contributed by atoms with Gasteiger partial charge in [0.05, 0.1) is 24.3 Å². The number of hydrogen-bond donors (Lipinski definition) is 2. The highest BCUT2D eigenvalue weighted by Crippen LogP contribution is 2.36. The highest BCUT2D eigenvalue weighted by atomic mass is 35.5. The Kier molecular flexibility index (Phi) is 8.00. The summed E-state index contributed by atoms with van der Waals surface area (Å²) in [6.07, 6.45) is 0. The van der Waals surface area contributed by atoms with Gasteiger partial charge < -0.3 is 19.5 Å². The van der Waals surface area contributed by atoms with Gasteiger partial charge in [-0.15, -0.1) is 0 Å². The molecule has 3 amide bonds. The van der Waals surface area contributed by atoms with Gasteiger partial charge >= 0.3 is 12.0 Å². The van der Waals surface area contributed by atoms with Gasteiger partial charge in [0.1, 0.15) is 0 Å². The minimum Gasteiger partial charge on any atom is -0.493 e. The second-order valence-electron chi connectivity index (χ2n) is 5.40. The highest BCUT2D eigenvalue weighted by molar-refractivity contribution is 6.32. The summed E-state index contributed by atoms with van der Waals surface area (Å²) in [5.74, 6) is -0.670. The van der Waals surface area contributed by atoms with E-state index in [4.69, 9.17) is 25.8 Å². The van der Waals surface area contributed by atoms with Crippen LogP contribution in [0.2, 0.25) is 5.02 Å². The Morgan fingerprint density at radius 2 is 1.92 bits per heavy atom. The van der Waals surface area contributed by atoms with E-state index in [2.05, 4.69) is 5.32 Å². The molecule has 0 atom stereocenters. The van der Waals surface area contributed by atoms with Crippen LogP contribution < -0.4 is 20.1 Å². The smallest absolute Gasteiger partial charge is 0.338 e. The van der Waals surface area contributed by atoms with Gasteiger partial charge in [0.15, 0.2) is 18.1 Å². The van der Waals surface area contributed by atoms with Crippen LogP contribution in [0, 0.1) is 5.92 Å². The van der Waals surface area contributed by atoms with E-state index in [9.17, 15) is 14.4 Å². The second kappa shape index (κ2) is 9.73. The van der Waals surface area contributed by atoms with E-state index in [1.165, 1.54) is 26.3 Å². The summed E-state index contributed by atoms with van der Waals surface area (Å²) in [7, 11) is 2.77. The summed E-state index contributed by atoms with van der Waals surface area (Å²) in [4.78, 5) is 34.4. The molecule has 0 aromatic heterocycles. The molecule has 0 aliphatic rings. The van der Waals surface area contributed by atoms with E-state index in [1.807, 2.05) is 19.2 Å². The van der Waals surface area contributed by atoms with E-state index in [-0.39, 0.29) is 22.3 Å². The molecule has 9 heteroatoms. The molecule has 138 valence electrons. The number of amides is 3. The third-order valence-electron chi connectivity index (χ3n) is 2.84. The van der Waals surface area contributed by atoms with Crippen LogP contribution in [-0.4, -0.2) is 45.3 Å². The summed E-state index contributed by atoms with van der Waals surface area (Å²) in [6, 6.07) is 2.07. The minimum absolute atomic E-state index is 0.0893. The highest BCUT2D eigenvalue weighted by Gasteiger charge is 2.18. The maximum atomic E-state index is 12.0. The topological polar surface area (TPSA) is 103 Å². The normalized spacial score (nSPS) is 10.2. The zero-order chi connectivity index (χ0) is 19.0. The van der Waals surface area contributed by atoms with Crippen LogP contribution in [0.25, 0.3) is 0 Å². The van der Waals surface area contributed by atoms with Crippen molar-refractivity contribution in [2.45, 2.75) is 13.8 Å². The van der Waals surface area contributed by atoms with E-state index in [0.717, 1.165) is 0 Å². The number of carbonyl (C=O) groups is 3. The van der Waals surface area contributed by atoms with Gasteiger partial charge in [0.25, 0.3) is 5.91 Å². The molecule has 0 aliphatic heterocycles. The molecule has 0 saturated carbocycles. The molecular formula is C16H21ClN2O6. The third kappa shape index (κ3) is 6.50. The number of imide groups is 1. The van der Waals surface area contributed by atoms with Crippen molar-refractivity contribution in [3.63, 3.8) is 0 Å². The molecule has 25 heavy (non-hydrogen) atoms. The van der Waals surface area contributed by atoms with Crippen LogP contribution in [0.5, 0.6) is 11.5 Å². The van der Waals surface area contributed by atoms with Gasteiger partial charge in [0.2, 0.25) is 0 Å². The molecule has 1 rings (SSSR count). The molecule has 0 fully saturated rings. The molecule has 0 aliphatic carbocycles. The fourth-order valence-corrected chi connectivity index (χ4v) is 1.93. The minimum atomic E-state index is -0.789. The predicted molar refractivity (Wildman–Crippen MR) is 91.2 cm³/mol. The van der Waals surface area contributed by atoms with Gasteiger partial charge in [-0.05, 0) is 18.1 Å². The van der Waals surface area contributed by atoms with E-state index < -0.39 is 24.5 Å². The Hall–Kier alpha value is -2.48. The number of hydrogen-bond acceptors (Lipinski definition) is 6. The van der Waals surface area contributed by atoms with Crippen LogP contribution >= 0.6 is 11.6 Å². The first kappa shape index (κ1) is 20.6. The second-order valence-corrected chi connectivity index (χ2v) is 5.80. The first-order chi connectivity index (χ1) is 11.8. The first-order valence-corrected chi connectivity index (χ1v) is 7.85. The van der Waals surface area contributed by atoms with Crippen molar-refractivity contribution < 1.29 is 28.6 Å². The molecule has 1 aromatic rings. The third-order valence-corrected chi connectivity index (χ3v) is 3.12. The molecular weight excluding hydrogens is 352 g/mol. The summed E-state index contributed by atoms with van der Waals surface area (Å²) in [5, 5.41) is 4.36. The predicted octanol–water partition coefficient (Wildman–Crippen LogP) is 2.00. The number of rotatable bonds is 7. The molecule has 2 N–H and O–H groups in total. The van der Waals surface area contributed by atoms with Crippen molar-refractivity contribution >= 4 is 29.5 Å². The molecule has 0 unspecified atom stereocenters. The zero-order valence-electron chi connectivity index (χ0n) is 14.5. The van der Waals surface area contributed by atoms with Gasteiger partial charge in [-0.3, -0.25) is 10.1 Å². The largest absolute Gasteiger partial charge is 0.493 e. The lowest BCUT2D eigenvalue weighted by atomic mass is 10.2. The summed E-state index contributed by atoms with van der Waals surface area (Å²) < 4.78 is 15.6. The molecule has 8 nitrogen and oxygen atoms in total. The van der Waals surface area contributed by atoms with Gasteiger partial charge in [-0.1, -0.05) is 25.4 Å². The number of methoxy groups -OCH3 is 1. The van der Waals surface area contributed by atoms with E-state index in [1.54, 1.807) is 0 Å². The molecule has 0 radical (unpaired) electrons. The molecule has 0 heterocycles. The Labute approximate surface area is 150 Å². The number of ether oxygens (including phenoxy) is 3. The quantitative estimate of drug-likeness (QED) is 0.709. The van der Waals surface area contributed by atoms with Crippen molar-refractivity contribution in [1.82, 2.24) is 10.6 Å². The lowest BCUT2D eigenvalue weighted by Crippen LogP contribution is -2.39. The monoisotopic (exact) mass is 372 g/mol. The first-order valence-electron chi connectivity index (χ1n) is 7.47. The van der Waals surface area contributed by atoms with Gasteiger partial charge in [-0.2, -0.15) is 0 Å². The van der Waals surface area contributed by atoms with Crippen molar-refractivity contribution in [2.75, 3.05) is 27.4 Å². The van der Waals surface area contributed by atoms with Crippen LogP contribution in [0.1, 0.15) is 24.2 Å². The lowest BCUT2D eigenvalue weighted by Gasteiger charge is -2.15. The van der Waals surface area contributed by atoms with Crippen molar-refractivity contribution in [2.24, 2.45) is 5.92 Å². The SMILES string of the molecule is CNC(=O)NC(=O)COC(=O)c1cc(Cl)c(OCC(C)C)c(OC)c1. The van der Waals surface area contributed by atoms with Crippen molar-refractivity contribution in [1.29, 1.82) is 0 Å². The Bertz CT molecular complexity index is 648. The number of urea groups is 1. The van der Waals surface area contributed by atoms with Crippen LogP contribution in [0.4, 0.5) is 4.79 Å². The van der Waals surface area contributed by atoms with Crippen LogP contribution in [0.3, 0.4) is 0 Å². The number of halogens is 1. The fourth-order valence-electron chi connectivity index (χ4n) is 1.67. The van der Waals surface area contributed by atoms with E-state index >= 15 is 0 Å². The maximum Gasteiger partial charge on any atom is 0.338 e. The van der Waals surface area contributed by atoms with E-state index in [0.29, 0.717) is 12.4 Å². The number of carbonyl (C=O) groups excluding carboxylic acids is 3. The Morgan fingerprint density at radius 3 is 2.48 bits per heavy atom. The molecule has 0 spiro atoms. The Balaban J connectivity index is 2.80. The molecule has 0 bridgehead atoms. The standard InChI is InChI=1S/C16H21ClN2O6/c1-9(2)7-24-14-11(17)5-10(6-12(14)23-4)15(21)25-8-13(20)19-16(22)18-3/h5-6,9H,7-8H2,1-4H3,(H2,18,19,20,22). The summed E-state index contributed by atoms with van der Waals surface area (Å²) in [5.41, 5.74) is 0.0893.